The second-order valence-electron chi connectivity index (χ2n) is 8.47. The number of aromatic nitrogens is 2. The molecule has 0 bridgehead atoms. The molecule has 1 atom stereocenters. The highest BCUT2D eigenvalue weighted by atomic mass is 32.2. The van der Waals surface area contributed by atoms with E-state index < -0.39 is 11.0 Å². The fraction of sp³-hybridized carbons (Fsp3) is 0.185. The number of aryl methyl sites for hydroxylation is 1. The molecular weight excluding hydrogens is 442 g/mol. The number of nitrogens with one attached hydrogen (secondary N) is 2. The number of hydrogen-bond donors (Lipinski definition) is 2. The molecule has 5 rings (SSSR count). The largest absolute Gasteiger partial charge is 0.355 e. The zero-order valence-electron chi connectivity index (χ0n) is 19.1. The van der Waals surface area contributed by atoms with Crippen LogP contribution in [0, 0.1) is 18.3 Å². The monoisotopic (exact) mass is 467 g/mol. The van der Waals surface area contributed by atoms with Gasteiger partial charge in [-0.2, -0.15) is 5.26 Å². The molecule has 1 unspecified atom stereocenters. The standard InChI is InChI=1S/C27H25N5OS/c1-18-6-11-22(30-25-5-3-4-21-17-32(34(2)33)13-12-23(21)25)14-24(18)27-29-16-26(31-27)20-9-7-19(15-28)8-10-20/h3-11,14,16,30H,12-13,17H2,1-2H3,(H,29,31). The van der Waals surface area contributed by atoms with Gasteiger partial charge in [0.1, 0.15) is 5.82 Å². The Kier molecular flexibility index (Phi) is 6.01. The Hall–Kier alpha value is -3.73. The molecule has 2 N–H and O–H groups in total. The molecule has 170 valence electrons. The molecule has 3 aromatic carbocycles. The number of rotatable bonds is 5. The summed E-state index contributed by atoms with van der Waals surface area (Å²) in [5, 5.41) is 12.6. The molecular formula is C27H25N5OS. The summed E-state index contributed by atoms with van der Waals surface area (Å²) in [7, 11) is -0.956. The summed E-state index contributed by atoms with van der Waals surface area (Å²) in [6.07, 6.45) is 4.43. The molecule has 0 aliphatic carbocycles. The Morgan fingerprint density at radius 2 is 1.97 bits per heavy atom. The normalized spacial score (nSPS) is 14.3. The molecule has 34 heavy (non-hydrogen) atoms. The maximum Gasteiger partial charge on any atom is 0.138 e. The topological polar surface area (TPSA) is 84.8 Å². The van der Waals surface area contributed by atoms with E-state index in [1.807, 2.05) is 34.8 Å². The number of hydrogen-bond acceptors (Lipinski definition) is 4. The number of nitriles is 1. The Morgan fingerprint density at radius 1 is 1.15 bits per heavy atom. The molecule has 0 saturated carbocycles. The van der Waals surface area contributed by atoms with Crippen molar-refractivity contribution < 1.29 is 4.21 Å². The van der Waals surface area contributed by atoms with Gasteiger partial charge in [0.15, 0.2) is 0 Å². The summed E-state index contributed by atoms with van der Waals surface area (Å²) in [6.45, 7) is 3.57. The van der Waals surface area contributed by atoms with Crippen LogP contribution in [0.1, 0.15) is 22.3 Å². The van der Waals surface area contributed by atoms with E-state index in [2.05, 4.69) is 64.7 Å². The van der Waals surface area contributed by atoms with Crippen molar-refractivity contribution in [3.8, 4) is 28.7 Å². The van der Waals surface area contributed by atoms with Gasteiger partial charge in [-0.05, 0) is 65.9 Å². The van der Waals surface area contributed by atoms with Crippen LogP contribution >= 0.6 is 0 Å². The molecule has 0 fully saturated rings. The SMILES string of the molecule is Cc1ccc(Nc2cccc3c2CCN(S(C)=O)C3)cc1-c1ncc(-c2ccc(C#N)cc2)[nH]1. The summed E-state index contributed by atoms with van der Waals surface area (Å²) in [5.41, 5.74) is 9.28. The highest BCUT2D eigenvalue weighted by Crippen LogP contribution is 2.32. The van der Waals surface area contributed by atoms with Crippen LogP contribution in [0.4, 0.5) is 11.4 Å². The van der Waals surface area contributed by atoms with E-state index in [1.165, 1.54) is 11.1 Å². The van der Waals surface area contributed by atoms with Gasteiger partial charge in [-0.15, -0.1) is 0 Å². The lowest BCUT2D eigenvalue weighted by atomic mass is 9.98. The lowest BCUT2D eigenvalue weighted by molar-refractivity contribution is 0.424. The van der Waals surface area contributed by atoms with Crippen molar-refractivity contribution >= 4 is 22.4 Å². The number of benzene rings is 3. The van der Waals surface area contributed by atoms with E-state index in [0.29, 0.717) is 12.1 Å². The molecule has 7 heteroatoms. The third-order valence-electron chi connectivity index (χ3n) is 6.27. The molecule has 2 heterocycles. The van der Waals surface area contributed by atoms with Crippen LogP contribution in [0.2, 0.25) is 0 Å². The quantitative estimate of drug-likeness (QED) is 0.416. The van der Waals surface area contributed by atoms with Gasteiger partial charge in [-0.25, -0.2) is 13.5 Å². The molecule has 1 aromatic heterocycles. The Balaban J connectivity index is 1.42. The number of fused-ring (bicyclic) bond motifs is 1. The summed E-state index contributed by atoms with van der Waals surface area (Å²) in [6, 6.07) is 22.2. The van der Waals surface area contributed by atoms with E-state index in [4.69, 9.17) is 5.26 Å². The number of imidazole rings is 1. The molecule has 1 aliphatic heterocycles. The van der Waals surface area contributed by atoms with Crippen LogP contribution < -0.4 is 5.32 Å². The number of aromatic amines is 1. The minimum Gasteiger partial charge on any atom is -0.355 e. The summed E-state index contributed by atoms with van der Waals surface area (Å²) in [4.78, 5) is 8.05. The number of nitrogens with zero attached hydrogens (tertiary/aromatic N) is 3. The van der Waals surface area contributed by atoms with E-state index in [0.717, 1.165) is 52.5 Å². The predicted octanol–water partition coefficient (Wildman–Crippen LogP) is 5.32. The van der Waals surface area contributed by atoms with Gasteiger partial charge < -0.3 is 10.3 Å². The lowest BCUT2D eigenvalue weighted by Crippen LogP contribution is -2.31. The average molecular weight is 468 g/mol. The van der Waals surface area contributed by atoms with Gasteiger partial charge >= 0.3 is 0 Å². The minimum atomic E-state index is -0.956. The zero-order chi connectivity index (χ0) is 23.7. The van der Waals surface area contributed by atoms with Crippen molar-refractivity contribution in [3.05, 3.63) is 89.1 Å². The summed E-state index contributed by atoms with van der Waals surface area (Å²) in [5.74, 6) is 0.802. The lowest BCUT2D eigenvalue weighted by Gasteiger charge is -2.28. The first-order chi connectivity index (χ1) is 16.5. The van der Waals surface area contributed by atoms with Crippen LogP contribution in [0.5, 0.6) is 0 Å². The maximum absolute atomic E-state index is 11.9. The van der Waals surface area contributed by atoms with Crippen molar-refractivity contribution in [1.82, 2.24) is 14.3 Å². The van der Waals surface area contributed by atoms with Crippen LogP contribution in [0.25, 0.3) is 22.6 Å². The predicted molar refractivity (Wildman–Crippen MR) is 137 cm³/mol. The highest BCUT2D eigenvalue weighted by Gasteiger charge is 2.21. The van der Waals surface area contributed by atoms with Crippen molar-refractivity contribution in [2.75, 3.05) is 18.1 Å². The van der Waals surface area contributed by atoms with Gasteiger partial charge in [0.25, 0.3) is 0 Å². The molecule has 6 nitrogen and oxygen atoms in total. The van der Waals surface area contributed by atoms with Crippen LogP contribution in [0.15, 0.2) is 66.9 Å². The third kappa shape index (κ3) is 4.38. The van der Waals surface area contributed by atoms with Crippen LogP contribution in [-0.4, -0.2) is 31.3 Å². The molecule has 4 aromatic rings. The van der Waals surface area contributed by atoms with Crippen LogP contribution in [-0.2, 0) is 24.0 Å². The maximum atomic E-state index is 11.9. The van der Waals surface area contributed by atoms with Crippen molar-refractivity contribution in [3.63, 3.8) is 0 Å². The smallest absolute Gasteiger partial charge is 0.138 e. The minimum absolute atomic E-state index is 0.636. The van der Waals surface area contributed by atoms with E-state index in [9.17, 15) is 4.21 Å². The Morgan fingerprint density at radius 3 is 2.74 bits per heavy atom. The van der Waals surface area contributed by atoms with Gasteiger partial charge in [0.05, 0.1) is 34.5 Å². The second kappa shape index (κ2) is 9.26. The molecule has 0 amide bonds. The molecule has 0 saturated heterocycles. The van der Waals surface area contributed by atoms with Crippen molar-refractivity contribution in [1.29, 1.82) is 5.26 Å². The van der Waals surface area contributed by atoms with E-state index in [-0.39, 0.29) is 0 Å². The van der Waals surface area contributed by atoms with Gasteiger partial charge in [-0.3, -0.25) is 0 Å². The first-order valence-corrected chi connectivity index (χ1v) is 12.7. The third-order valence-corrected chi connectivity index (χ3v) is 7.31. The van der Waals surface area contributed by atoms with E-state index in [1.54, 1.807) is 6.26 Å². The van der Waals surface area contributed by atoms with Gasteiger partial charge in [-0.1, -0.05) is 30.3 Å². The first-order valence-electron chi connectivity index (χ1n) is 11.1. The number of H-pyrrole nitrogens is 1. The van der Waals surface area contributed by atoms with Crippen molar-refractivity contribution in [2.24, 2.45) is 0 Å². The number of anilines is 2. The van der Waals surface area contributed by atoms with Crippen molar-refractivity contribution in [2.45, 2.75) is 19.9 Å². The summed E-state index contributed by atoms with van der Waals surface area (Å²) < 4.78 is 13.9. The Bertz CT molecular complexity index is 1420. The van der Waals surface area contributed by atoms with E-state index >= 15 is 0 Å². The zero-order valence-corrected chi connectivity index (χ0v) is 19.9. The molecule has 1 aliphatic rings. The first kappa shape index (κ1) is 22.1. The summed E-state index contributed by atoms with van der Waals surface area (Å²) >= 11 is 0. The molecule has 0 radical (unpaired) electrons. The second-order valence-corrected chi connectivity index (χ2v) is 9.83. The molecule has 0 spiro atoms. The van der Waals surface area contributed by atoms with Gasteiger partial charge in [0, 0.05) is 36.3 Å². The van der Waals surface area contributed by atoms with Gasteiger partial charge in [0.2, 0.25) is 0 Å². The highest BCUT2D eigenvalue weighted by molar-refractivity contribution is 7.81. The average Bonchev–Trinajstić information content (AvgIpc) is 3.35. The fourth-order valence-electron chi connectivity index (χ4n) is 4.36. The Labute approximate surface area is 201 Å². The van der Waals surface area contributed by atoms with Crippen LogP contribution in [0.3, 0.4) is 0 Å². The fourth-order valence-corrected chi connectivity index (χ4v) is 5.03.